The van der Waals surface area contributed by atoms with Gasteiger partial charge in [-0.25, -0.2) is 0 Å². The van der Waals surface area contributed by atoms with Crippen LogP contribution in [0.1, 0.15) is 66.8 Å². The van der Waals surface area contributed by atoms with Crippen LogP contribution in [0.25, 0.3) is 0 Å². The van der Waals surface area contributed by atoms with Crippen molar-refractivity contribution in [1.82, 2.24) is 9.80 Å². The third-order valence-electron chi connectivity index (χ3n) is 10.6. The Morgan fingerprint density at radius 1 is 1.17 bits per heavy atom. The van der Waals surface area contributed by atoms with Crippen molar-refractivity contribution >= 4 is 11.9 Å². The highest BCUT2D eigenvalue weighted by atomic mass is 16.5. The second-order valence-corrected chi connectivity index (χ2v) is 12.9. The van der Waals surface area contributed by atoms with Crippen LogP contribution in [0.3, 0.4) is 0 Å². The summed E-state index contributed by atoms with van der Waals surface area (Å²) in [5.41, 5.74) is 4.82. The van der Waals surface area contributed by atoms with Gasteiger partial charge < -0.3 is 19.5 Å². The Bertz CT molecular complexity index is 1520. The molecule has 2 bridgehead atoms. The number of hydrogen-bond acceptors (Lipinski definition) is 6. The lowest BCUT2D eigenvalue weighted by molar-refractivity contribution is -0.135. The first kappa shape index (κ1) is 26.4. The van der Waals surface area contributed by atoms with Gasteiger partial charge in [-0.2, -0.15) is 0 Å². The smallest absolute Gasteiger partial charge is 0.308 e. The maximum Gasteiger partial charge on any atom is 0.308 e. The summed E-state index contributed by atoms with van der Waals surface area (Å²) in [6.45, 7) is 7.58. The van der Waals surface area contributed by atoms with Crippen molar-refractivity contribution in [3.63, 3.8) is 0 Å². The summed E-state index contributed by atoms with van der Waals surface area (Å²) in [7, 11) is 1.83. The third kappa shape index (κ3) is 4.14. The molecule has 5 aliphatic rings. The Kier molecular flexibility index (Phi) is 6.13. The Balaban J connectivity index is 1.26. The molecule has 2 aromatic carbocycles. The van der Waals surface area contributed by atoms with Gasteiger partial charge in [0.2, 0.25) is 0 Å². The Morgan fingerprint density at radius 2 is 1.98 bits per heavy atom. The van der Waals surface area contributed by atoms with E-state index in [2.05, 4.69) is 23.7 Å². The molecule has 0 radical (unpaired) electrons. The first-order chi connectivity index (χ1) is 19.7. The van der Waals surface area contributed by atoms with Crippen LogP contribution in [0.4, 0.5) is 0 Å². The largest absolute Gasteiger partial charge is 0.504 e. The SMILES string of the molecule is CC(=O)Oc1cc(O)c2c3c1C[C@@H]1[C@@H]4CC[C@@H](N(C)C(=O)C#Cc5ccc(C)c(C)c5)[C@H](O2)[C@]34CCN1CC1CC1. The van der Waals surface area contributed by atoms with Crippen molar-refractivity contribution in [2.24, 2.45) is 11.8 Å². The summed E-state index contributed by atoms with van der Waals surface area (Å²) < 4.78 is 12.4. The van der Waals surface area contributed by atoms with Gasteiger partial charge in [0.25, 0.3) is 5.91 Å². The summed E-state index contributed by atoms with van der Waals surface area (Å²) in [5.74, 6) is 7.40. The van der Waals surface area contributed by atoms with E-state index in [4.69, 9.17) is 9.47 Å². The Morgan fingerprint density at radius 3 is 2.71 bits per heavy atom. The van der Waals surface area contributed by atoms with E-state index in [1.807, 2.05) is 32.2 Å². The number of aromatic hydroxyl groups is 1. The van der Waals surface area contributed by atoms with Crippen LogP contribution in [0.5, 0.6) is 17.2 Å². The third-order valence-corrected chi connectivity index (χ3v) is 10.6. The van der Waals surface area contributed by atoms with Gasteiger partial charge in [0, 0.05) is 60.7 Å². The number of benzene rings is 2. The molecule has 1 spiro atoms. The minimum atomic E-state index is -0.398. The number of likely N-dealkylation sites (tertiary alicyclic amines) is 1. The number of ether oxygens (including phenoxy) is 2. The van der Waals surface area contributed by atoms with Gasteiger partial charge in [-0.05, 0) is 94.0 Å². The van der Waals surface area contributed by atoms with Crippen molar-refractivity contribution in [1.29, 1.82) is 0 Å². The minimum absolute atomic E-state index is 0.00338. The fraction of sp³-hybridized carbons (Fsp3) is 0.529. The van der Waals surface area contributed by atoms with Gasteiger partial charge in [-0.1, -0.05) is 12.0 Å². The van der Waals surface area contributed by atoms with E-state index in [1.165, 1.54) is 25.3 Å². The number of rotatable bonds is 4. The Labute approximate surface area is 241 Å². The molecule has 1 N–H and O–H groups in total. The number of nitrogens with zero attached hydrogens (tertiary/aromatic N) is 2. The molecular formula is C34H38N2O5. The van der Waals surface area contributed by atoms with Gasteiger partial charge in [0.15, 0.2) is 11.5 Å². The van der Waals surface area contributed by atoms with Gasteiger partial charge in [0.05, 0.1) is 6.04 Å². The maximum absolute atomic E-state index is 13.5. The highest BCUT2D eigenvalue weighted by Crippen LogP contribution is 2.65. The minimum Gasteiger partial charge on any atom is -0.504 e. The number of likely N-dealkylation sites (N-methyl/N-ethyl adjacent to an activating group) is 1. The highest BCUT2D eigenvalue weighted by molar-refractivity contribution is 5.94. The molecule has 2 saturated carbocycles. The fourth-order valence-electron chi connectivity index (χ4n) is 8.33. The van der Waals surface area contributed by atoms with E-state index in [0.717, 1.165) is 66.9 Å². The predicted octanol–water partition coefficient (Wildman–Crippen LogP) is 4.26. The quantitative estimate of drug-likeness (QED) is 0.346. The lowest BCUT2D eigenvalue weighted by Crippen LogP contribution is -2.69. The number of amides is 1. The average molecular weight is 555 g/mol. The first-order valence-corrected chi connectivity index (χ1v) is 15.0. The number of carbonyl (C=O) groups excluding carboxylic acids is 2. The van der Waals surface area contributed by atoms with Gasteiger partial charge in [0.1, 0.15) is 11.9 Å². The van der Waals surface area contributed by atoms with Crippen LogP contribution >= 0.6 is 0 Å². The number of hydrogen-bond donors (Lipinski definition) is 1. The van der Waals surface area contributed by atoms with E-state index in [1.54, 1.807) is 11.0 Å². The predicted molar refractivity (Wildman–Crippen MR) is 154 cm³/mol. The molecule has 1 saturated heterocycles. The van der Waals surface area contributed by atoms with Crippen molar-refractivity contribution in [2.45, 2.75) is 82.9 Å². The number of phenols is 1. The lowest BCUT2D eigenvalue weighted by Gasteiger charge is -2.60. The van der Waals surface area contributed by atoms with Crippen LogP contribution in [0, 0.1) is 37.5 Å². The zero-order valence-corrected chi connectivity index (χ0v) is 24.3. The van der Waals surface area contributed by atoms with Crippen LogP contribution in [0.2, 0.25) is 0 Å². The van der Waals surface area contributed by atoms with Crippen molar-refractivity contribution < 1.29 is 24.2 Å². The number of piperidine rings is 1. The number of carbonyl (C=O) groups is 2. The zero-order valence-electron chi connectivity index (χ0n) is 24.3. The first-order valence-electron chi connectivity index (χ1n) is 15.0. The second kappa shape index (κ2) is 9.52. The number of aryl methyl sites for hydroxylation is 2. The summed E-state index contributed by atoms with van der Waals surface area (Å²) >= 11 is 0. The van der Waals surface area contributed by atoms with Crippen molar-refractivity contribution in [2.75, 3.05) is 20.1 Å². The number of esters is 1. The summed E-state index contributed by atoms with van der Waals surface area (Å²) in [6, 6.07) is 7.67. The monoisotopic (exact) mass is 554 g/mol. The summed E-state index contributed by atoms with van der Waals surface area (Å²) in [5, 5.41) is 11.1. The number of phenolic OH excluding ortho intramolecular Hbond substituents is 1. The molecule has 7 rings (SSSR count). The van der Waals surface area contributed by atoms with Crippen LogP contribution in [-0.4, -0.2) is 65.1 Å². The van der Waals surface area contributed by atoms with Gasteiger partial charge in [-0.3, -0.25) is 14.5 Å². The van der Waals surface area contributed by atoms with E-state index >= 15 is 0 Å². The molecule has 3 fully saturated rings. The zero-order chi connectivity index (χ0) is 28.6. The molecule has 2 heterocycles. The molecule has 214 valence electrons. The van der Waals surface area contributed by atoms with Crippen molar-refractivity contribution in [3.8, 4) is 29.1 Å². The average Bonchev–Trinajstić information content (AvgIpc) is 3.69. The molecule has 7 heteroatoms. The molecule has 0 unspecified atom stereocenters. The molecule has 2 aliphatic heterocycles. The molecule has 0 aromatic heterocycles. The molecule has 3 aliphatic carbocycles. The van der Waals surface area contributed by atoms with Gasteiger partial charge in [-0.15, -0.1) is 0 Å². The van der Waals surface area contributed by atoms with E-state index < -0.39 is 5.97 Å². The molecule has 41 heavy (non-hydrogen) atoms. The molecular weight excluding hydrogens is 516 g/mol. The normalized spacial score (nSPS) is 29.1. The second-order valence-electron chi connectivity index (χ2n) is 12.9. The lowest BCUT2D eigenvalue weighted by atomic mass is 9.50. The Hall–Kier alpha value is -3.50. The summed E-state index contributed by atoms with van der Waals surface area (Å²) in [6.07, 6.45) is 5.77. The highest BCUT2D eigenvalue weighted by Gasteiger charge is 2.67. The molecule has 1 amide bonds. The fourth-order valence-corrected chi connectivity index (χ4v) is 8.33. The molecule has 5 atom stereocenters. The van der Waals surface area contributed by atoms with Gasteiger partial charge >= 0.3 is 5.97 Å². The molecule has 2 aromatic rings. The van der Waals surface area contributed by atoms with Crippen LogP contribution < -0.4 is 9.47 Å². The van der Waals surface area contributed by atoms with Crippen LogP contribution in [0.15, 0.2) is 24.3 Å². The standard InChI is InChI=1S/C34H38N2O5/c1-19-5-6-22(15-20(19)2)9-12-30(39)35(4)26-11-10-25-27-16-24-29(40-21(3)37)17-28(38)32-31(24)34(25,33(26)41-32)13-14-36(27)18-23-7-8-23/h5-6,15,17,23,25-27,33,38H,7-8,10-11,13-14,16,18H2,1-4H3/t25-,26+,27+,33-,34-/m0/s1. The summed E-state index contributed by atoms with van der Waals surface area (Å²) in [4.78, 5) is 30.0. The van der Waals surface area contributed by atoms with E-state index in [0.29, 0.717) is 23.5 Å². The molecule has 7 nitrogen and oxygen atoms in total. The van der Waals surface area contributed by atoms with Crippen molar-refractivity contribution in [3.05, 3.63) is 52.1 Å². The van der Waals surface area contributed by atoms with E-state index in [9.17, 15) is 14.7 Å². The topological polar surface area (TPSA) is 79.3 Å². The maximum atomic E-state index is 13.5. The van der Waals surface area contributed by atoms with Crippen LogP contribution in [-0.2, 0) is 21.4 Å². The van der Waals surface area contributed by atoms with E-state index in [-0.39, 0.29) is 29.2 Å².